The third-order valence-corrected chi connectivity index (χ3v) is 4.43. The van der Waals surface area contributed by atoms with Crippen LogP contribution in [0.4, 0.5) is 0 Å². The Morgan fingerprint density at radius 3 is 3.17 bits per heavy atom. The Balaban J connectivity index is 1.67. The molecule has 1 aliphatic rings. The van der Waals surface area contributed by atoms with Crippen LogP contribution in [-0.4, -0.2) is 26.1 Å². The van der Waals surface area contributed by atoms with Crippen LogP contribution in [0.5, 0.6) is 0 Å². The summed E-state index contributed by atoms with van der Waals surface area (Å²) in [6, 6.07) is 4.29. The number of aromatic nitrogens is 2. The van der Waals surface area contributed by atoms with Crippen LogP contribution in [-0.2, 0) is 19.6 Å². The van der Waals surface area contributed by atoms with Crippen LogP contribution in [0.2, 0.25) is 0 Å². The fraction of sp³-hybridized carbons (Fsp3) is 0.462. The summed E-state index contributed by atoms with van der Waals surface area (Å²) in [5.74, 6) is 0. The molecular weight excluding hydrogens is 246 g/mol. The first-order chi connectivity index (χ1) is 8.72. The van der Waals surface area contributed by atoms with E-state index in [1.54, 1.807) is 18.3 Å². The molecule has 0 saturated carbocycles. The number of nitrogens with zero attached hydrogens (tertiary/aromatic N) is 3. The predicted octanol–water partition coefficient (Wildman–Crippen LogP) is 2.01. The fourth-order valence-corrected chi connectivity index (χ4v) is 3.21. The van der Waals surface area contributed by atoms with Crippen LogP contribution in [0.3, 0.4) is 0 Å². The van der Waals surface area contributed by atoms with Gasteiger partial charge in [-0.25, -0.2) is 4.98 Å². The molecule has 18 heavy (non-hydrogen) atoms. The van der Waals surface area contributed by atoms with Gasteiger partial charge in [-0.2, -0.15) is 0 Å². The SMILES string of the molecule is CC(O)c1ncc(CN2CCn3cccc3C2)s1. The molecule has 1 unspecified atom stereocenters. The van der Waals surface area contributed by atoms with Crippen molar-refractivity contribution in [3.05, 3.63) is 40.1 Å². The first-order valence-corrected chi connectivity index (χ1v) is 7.03. The molecule has 0 aromatic carbocycles. The lowest BCUT2D eigenvalue weighted by molar-refractivity contribution is 0.199. The number of hydrogen-bond donors (Lipinski definition) is 1. The van der Waals surface area contributed by atoms with Gasteiger partial charge in [0.25, 0.3) is 0 Å². The number of hydrogen-bond acceptors (Lipinski definition) is 4. The van der Waals surface area contributed by atoms with E-state index < -0.39 is 6.10 Å². The van der Waals surface area contributed by atoms with Crippen molar-refractivity contribution in [2.24, 2.45) is 0 Å². The summed E-state index contributed by atoms with van der Waals surface area (Å²) >= 11 is 1.61. The summed E-state index contributed by atoms with van der Waals surface area (Å²) in [5, 5.41) is 10.3. The van der Waals surface area contributed by atoms with Crippen LogP contribution < -0.4 is 0 Å². The van der Waals surface area contributed by atoms with E-state index in [0.717, 1.165) is 31.2 Å². The molecule has 3 heterocycles. The van der Waals surface area contributed by atoms with Gasteiger partial charge in [-0.05, 0) is 19.1 Å². The Morgan fingerprint density at radius 2 is 2.39 bits per heavy atom. The molecule has 0 amide bonds. The van der Waals surface area contributed by atoms with E-state index in [1.807, 2.05) is 6.20 Å². The van der Waals surface area contributed by atoms with Gasteiger partial charge in [0.05, 0.1) is 0 Å². The molecule has 4 nitrogen and oxygen atoms in total. The van der Waals surface area contributed by atoms with Crippen molar-refractivity contribution < 1.29 is 5.11 Å². The molecule has 0 fully saturated rings. The molecule has 0 bridgehead atoms. The molecule has 1 N–H and O–H groups in total. The zero-order chi connectivity index (χ0) is 12.5. The Hall–Kier alpha value is -1.17. The van der Waals surface area contributed by atoms with Gasteiger partial charge in [0.15, 0.2) is 0 Å². The normalized spacial score (nSPS) is 17.7. The summed E-state index contributed by atoms with van der Waals surface area (Å²) in [4.78, 5) is 7.91. The number of aliphatic hydroxyl groups excluding tert-OH is 1. The molecule has 1 aliphatic heterocycles. The molecule has 0 aliphatic carbocycles. The zero-order valence-electron chi connectivity index (χ0n) is 10.4. The highest BCUT2D eigenvalue weighted by atomic mass is 32.1. The predicted molar refractivity (Wildman–Crippen MR) is 71.3 cm³/mol. The van der Waals surface area contributed by atoms with Crippen molar-refractivity contribution in [1.82, 2.24) is 14.5 Å². The number of fused-ring (bicyclic) bond motifs is 1. The van der Waals surface area contributed by atoms with Crippen molar-refractivity contribution in [3.63, 3.8) is 0 Å². The van der Waals surface area contributed by atoms with Crippen LogP contribution >= 0.6 is 11.3 Å². The summed E-state index contributed by atoms with van der Waals surface area (Å²) in [6.07, 6.45) is 3.58. The van der Waals surface area contributed by atoms with E-state index in [1.165, 1.54) is 10.6 Å². The third kappa shape index (κ3) is 2.34. The van der Waals surface area contributed by atoms with Crippen molar-refractivity contribution >= 4 is 11.3 Å². The second-order valence-corrected chi connectivity index (χ2v) is 5.89. The van der Waals surface area contributed by atoms with E-state index in [4.69, 9.17) is 0 Å². The molecule has 0 radical (unpaired) electrons. The maximum atomic E-state index is 9.48. The Kier molecular flexibility index (Phi) is 3.20. The lowest BCUT2D eigenvalue weighted by Crippen LogP contribution is -2.32. The minimum absolute atomic E-state index is 0.456. The highest BCUT2D eigenvalue weighted by Gasteiger charge is 2.16. The third-order valence-electron chi connectivity index (χ3n) is 3.27. The highest BCUT2D eigenvalue weighted by molar-refractivity contribution is 7.11. The van der Waals surface area contributed by atoms with Crippen LogP contribution in [0, 0.1) is 0 Å². The van der Waals surface area contributed by atoms with Crippen LogP contribution in [0.1, 0.15) is 28.6 Å². The summed E-state index contributed by atoms with van der Waals surface area (Å²) in [6.45, 7) is 5.81. The van der Waals surface area contributed by atoms with Crippen molar-refractivity contribution in [1.29, 1.82) is 0 Å². The van der Waals surface area contributed by atoms with E-state index in [2.05, 4.69) is 32.8 Å². The van der Waals surface area contributed by atoms with E-state index in [9.17, 15) is 5.11 Å². The highest BCUT2D eigenvalue weighted by Crippen LogP contribution is 2.22. The second-order valence-electron chi connectivity index (χ2n) is 4.74. The van der Waals surface area contributed by atoms with Gasteiger partial charge in [0, 0.05) is 49.1 Å². The molecular formula is C13H17N3OS. The van der Waals surface area contributed by atoms with Gasteiger partial charge >= 0.3 is 0 Å². The van der Waals surface area contributed by atoms with E-state index >= 15 is 0 Å². The standard InChI is InChI=1S/C13H17N3OS/c1-10(17)13-14-7-12(18-13)9-15-5-6-16-4-2-3-11(16)8-15/h2-4,7,10,17H,5-6,8-9H2,1H3. The monoisotopic (exact) mass is 263 g/mol. The van der Waals surface area contributed by atoms with Gasteiger partial charge in [-0.3, -0.25) is 4.90 Å². The molecule has 2 aromatic rings. The second kappa shape index (κ2) is 4.84. The maximum absolute atomic E-state index is 9.48. The molecule has 2 aromatic heterocycles. The van der Waals surface area contributed by atoms with Gasteiger partial charge in [0.1, 0.15) is 11.1 Å². The summed E-state index contributed by atoms with van der Waals surface area (Å²) < 4.78 is 2.31. The van der Waals surface area contributed by atoms with E-state index in [-0.39, 0.29) is 0 Å². The minimum atomic E-state index is -0.456. The van der Waals surface area contributed by atoms with Crippen LogP contribution in [0.25, 0.3) is 0 Å². The van der Waals surface area contributed by atoms with Crippen LogP contribution in [0.15, 0.2) is 24.5 Å². The Morgan fingerprint density at radius 1 is 1.50 bits per heavy atom. The molecule has 0 spiro atoms. The fourth-order valence-electron chi connectivity index (χ4n) is 2.31. The van der Waals surface area contributed by atoms with Crippen molar-refractivity contribution in [2.45, 2.75) is 32.7 Å². The summed E-state index contributed by atoms with van der Waals surface area (Å²) in [5.41, 5.74) is 1.38. The largest absolute Gasteiger partial charge is 0.386 e. The van der Waals surface area contributed by atoms with Crippen molar-refractivity contribution in [2.75, 3.05) is 6.54 Å². The van der Waals surface area contributed by atoms with Gasteiger partial charge < -0.3 is 9.67 Å². The minimum Gasteiger partial charge on any atom is -0.386 e. The quantitative estimate of drug-likeness (QED) is 0.921. The lowest BCUT2D eigenvalue weighted by atomic mass is 10.3. The topological polar surface area (TPSA) is 41.3 Å². The number of thiazole rings is 1. The molecule has 96 valence electrons. The van der Waals surface area contributed by atoms with E-state index in [0.29, 0.717) is 0 Å². The molecule has 5 heteroatoms. The van der Waals surface area contributed by atoms with Gasteiger partial charge in [-0.1, -0.05) is 0 Å². The molecule has 0 saturated heterocycles. The van der Waals surface area contributed by atoms with Gasteiger partial charge in [-0.15, -0.1) is 11.3 Å². The first kappa shape index (κ1) is 11.9. The number of aliphatic hydroxyl groups is 1. The Labute approximate surface area is 111 Å². The Bertz CT molecular complexity index is 532. The average Bonchev–Trinajstić information content (AvgIpc) is 2.96. The maximum Gasteiger partial charge on any atom is 0.121 e. The summed E-state index contributed by atoms with van der Waals surface area (Å²) in [7, 11) is 0. The first-order valence-electron chi connectivity index (χ1n) is 6.21. The average molecular weight is 263 g/mol. The molecule has 3 rings (SSSR count). The smallest absolute Gasteiger partial charge is 0.121 e. The van der Waals surface area contributed by atoms with Gasteiger partial charge in [0.2, 0.25) is 0 Å². The number of rotatable bonds is 3. The molecule has 1 atom stereocenters. The van der Waals surface area contributed by atoms with Crippen molar-refractivity contribution in [3.8, 4) is 0 Å². The zero-order valence-corrected chi connectivity index (χ0v) is 11.2. The lowest BCUT2D eigenvalue weighted by Gasteiger charge is -2.27.